The molecular formula is C14H25N3O2. The highest BCUT2D eigenvalue weighted by Gasteiger charge is 2.38. The van der Waals surface area contributed by atoms with Crippen molar-refractivity contribution < 1.29 is 9.59 Å². The van der Waals surface area contributed by atoms with Crippen LogP contribution in [0.1, 0.15) is 26.7 Å². The Balaban J connectivity index is 2.01. The van der Waals surface area contributed by atoms with Gasteiger partial charge in [0.15, 0.2) is 0 Å². The summed E-state index contributed by atoms with van der Waals surface area (Å²) in [6, 6.07) is 0.105. The summed E-state index contributed by atoms with van der Waals surface area (Å²) < 4.78 is 0. The number of nitrogens with two attached hydrogens (primary N) is 1. The van der Waals surface area contributed by atoms with Crippen LogP contribution in [0.5, 0.6) is 0 Å². The van der Waals surface area contributed by atoms with Crippen molar-refractivity contribution in [3.63, 3.8) is 0 Å². The van der Waals surface area contributed by atoms with Gasteiger partial charge in [0.25, 0.3) is 0 Å². The zero-order valence-electron chi connectivity index (χ0n) is 12.1. The van der Waals surface area contributed by atoms with E-state index in [9.17, 15) is 9.59 Å². The molecule has 4 atom stereocenters. The fourth-order valence-corrected chi connectivity index (χ4v) is 3.21. The van der Waals surface area contributed by atoms with Gasteiger partial charge in [0.2, 0.25) is 11.8 Å². The summed E-state index contributed by atoms with van der Waals surface area (Å²) >= 11 is 0. The first-order chi connectivity index (χ1) is 8.90. The van der Waals surface area contributed by atoms with E-state index in [-0.39, 0.29) is 30.3 Å². The molecule has 0 bridgehead atoms. The van der Waals surface area contributed by atoms with Crippen molar-refractivity contribution in [1.29, 1.82) is 0 Å². The van der Waals surface area contributed by atoms with Crippen molar-refractivity contribution in [2.45, 2.75) is 32.7 Å². The van der Waals surface area contributed by atoms with Crippen LogP contribution in [0.25, 0.3) is 0 Å². The van der Waals surface area contributed by atoms with Gasteiger partial charge >= 0.3 is 0 Å². The summed E-state index contributed by atoms with van der Waals surface area (Å²) in [6.45, 7) is 5.79. The Bertz CT molecular complexity index is 372. The predicted octanol–water partition coefficient (Wildman–Crippen LogP) is 0.297. The summed E-state index contributed by atoms with van der Waals surface area (Å²) in [4.78, 5) is 27.7. The fraction of sp³-hybridized carbons (Fsp3) is 0.857. The number of rotatable bonds is 1. The standard InChI is InChI=1S/C14H25N3O2/c1-9-6-10(2)12(15)7-11(9)14(19)17-5-4-16(3)13(18)8-17/h9-12H,4-8,15H2,1-3H3. The maximum atomic E-state index is 12.6. The van der Waals surface area contributed by atoms with Crippen molar-refractivity contribution in [2.75, 3.05) is 26.7 Å². The van der Waals surface area contributed by atoms with E-state index < -0.39 is 0 Å². The van der Waals surface area contributed by atoms with Crippen LogP contribution in [-0.4, -0.2) is 54.3 Å². The molecule has 4 unspecified atom stereocenters. The number of likely N-dealkylation sites (N-methyl/N-ethyl adjacent to an activating group) is 1. The van der Waals surface area contributed by atoms with E-state index in [0.29, 0.717) is 24.9 Å². The monoisotopic (exact) mass is 267 g/mol. The molecule has 2 aliphatic rings. The third kappa shape index (κ3) is 2.91. The summed E-state index contributed by atoms with van der Waals surface area (Å²) in [5.41, 5.74) is 6.10. The Hall–Kier alpha value is -1.10. The van der Waals surface area contributed by atoms with E-state index in [2.05, 4.69) is 13.8 Å². The van der Waals surface area contributed by atoms with Gasteiger partial charge in [-0.15, -0.1) is 0 Å². The van der Waals surface area contributed by atoms with Gasteiger partial charge in [0, 0.05) is 32.1 Å². The Morgan fingerprint density at radius 2 is 1.89 bits per heavy atom. The first-order valence-electron chi connectivity index (χ1n) is 7.18. The van der Waals surface area contributed by atoms with Gasteiger partial charge in [-0.05, 0) is 24.7 Å². The van der Waals surface area contributed by atoms with E-state index in [4.69, 9.17) is 5.73 Å². The smallest absolute Gasteiger partial charge is 0.241 e. The number of nitrogens with zero attached hydrogens (tertiary/aromatic N) is 2. The Labute approximate surface area is 115 Å². The second kappa shape index (κ2) is 5.49. The molecule has 0 aromatic carbocycles. The highest BCUT2D eigenvalue weighted by Crippen LogP contribution is 2.34. The molecule has 1 aliphatic carbocycles. The van der Waals surface area contributed by atoms with Crippen LogP contribution >= 0.6 is 0 Å². The molecule has 1 aliphatic heterocycles. The Morgan fingerprint density at radius 1 is 1.21 bits per heavy atom. The molecule has 5 heteroatoms. The van der Waals surface area contributed by atoms with E-state index >= 15 is 0 Å². The molecule has 1 heterocycles. The van der Waals surface area contributed by atoms with Crippen molar-refractivity contribution in [2.24, 2.45) is 23.5 Å². The van der Waals surface area contributed by atoms with Crippen molar-refractivity contribution in [3.8, 4) is 0 Å². The van der Waals surface area contributed by atoms with Crippen molar-refractivity contribution in [3.05, 3.63) is 0 Å². The van der Waals surface area contributed by atoms with Crippen LogP contribution in [0.15, 0.2) is 0 Å². The maximum Gasteiger partial charge on any atom is 0.241 e. The summed E-state index contributed by atoms with van der Waals surface area (Å²) in [5, 5.41) is 0. The van der Waals surface area contributed by atoms with Gasteiger partial charge in [-0.3, -0.25) is 9.59 Å². The molecule has 2 rings (SSSR count). The van der Waals surface area contributed by atoms with E-state index in [1.165, 1.54) is 0 Å². The largest absolute Gasteiger partial charge is 0.342 e. The first-order valence-corrected chi connectivity index (χ1v) is 7.18. The topological polar surface area (TPSA) is 66.6 Å². The maximum absolute atomic E-state index is 12.6. The second-order valence-electron chi connectivity index (χ2n) is 6.27. The summed E-state index contributed by atoms with van der Waals surface area (Å²) in [5.74, 6) is 0.977. The van der Waals surface area contributed by atoms with Gasteiger partial charge in [-0.2, -0.15) is 0 Å². The van der Waals surface area contributed by atoms with Crippen LogP contribution in [0.4, 0.5) is 0 Å². The molecule has 5 nitrogen and oxygen atoms in total. The minimum absolute atomic E-state index is 0.0117. The molecule has 2 N–H and O–H groups in total. The molecular weight excluding hydrogens is 242 g/mol. The number of amides is 2. The molecule has 0 aromatic heterocycles. The molecule has 108 valence electrons. The Morgan fingerprint density at radius 3 is 2.53 bits per heavy atom. The van der Waals surface area contributed by atoms with Gasteiger partial charge in [0.05, 0.1) is 6.54 Å². The van der Waals surface area contributed by atoms with Gasteiger partial charge < -0.3 is 15.5 Å². The van der Waals surface area contributed by atoms with Crippen LogP contribution in [0.2, 0.25) is 0 Å². The molecule has 19 heavy (non-hydrogen) atoms. The average molecular weight is 267 g/mol. The number of carbonyl (C=O) groups is 2. The van der Waals surface area contributed by atoms with Crippen LogP contribution in [0.3, 0.4) is 0 Å². The lowest BCUT2D eigenvalue weighted by Gasteiger charge is -2.40. The normalized spacial score (nSPS) is 36.5. The summed E-state index contributed by atoms with van der Waals surface area (Å²) in [7, 11) is 1.78. The number of piperazine rings is 1. The molecule has 0 radical (unpaired) electrons. The van der Waals surface area contributed by atoms with E-state index in [0.717, 1.165) is 12.8 Å². The second-order valence-corrected chi connectivity index (χ2v) is 6.27. The Kier molecular flexibility index (Phi) is 4.13. The zero-order chi connectivity index (χ0) is 14.2. The third-order valence-corrected chi connectivity index (χ3v) is 4.77. The zero-order valence-corrected chi connectivity index (χ0v) is 12.1. The molecule has 1 saturated carbocycles. The first kappa shape index (κ1) is 14.3. The number of carbonyl (C=O) groups excluding carboxylic acids is 2. The quantitative estimate of drug-likeness (QED) is 0.743. The molecule has 0 aromatic rings. The van der Waals surface area contributed by atoms with E-state index in [1.807, 2.05) is 0 Å². The highest BCUT2D eigenvalue weighted by atomic mass is 16.2. The average Bonchev–Trinajstić information content (AvgIpc) is 2.36. The lowest BCUT2D eigenvalue weighted by atomic mass is 9.72. The minimum atomic E-state index is -0.0117. The highest BCUT2D eigenvalue weighted by molar-refractivity contribution is 5.87. The minimum Gasteiger partial charge on any atom is -0.342 e. The predicted molar refractivity (Wildman–Crippen MR) is 73.2 cm³/mol. The van der Waals surface area contributed by atoms with Crippen molar-refractivity contribution in [1.82, 2.24) is 9.80 Å². The lowest BCUT2D eigenvalue weighted by Crippen LogP contribution is -2.54. The van der Waals surface area contributed by atoms with Gasteiger partial charge in [-0.1, -0.05) is 13.8 Å². The van der Waals surface area contributed by atoms with Crippen LogP contribution in [0, 0.1) is 17.8 Å². The van der Waals surface area contributed by atoms with Gasteiger partial charge in [0.1, 0.15) is 0 Å². The van der Waals surface area contributed by atoms with Crippen LogP contribution < -0.4 is 5.73 Å². The molecule has 2 amide bonds. The molecule has 0 spiro atoms. The lowest BCUT2D eigenvalue weighted by molar-refractivity contribution is -0.148. The fourth-order valence-electron chi connectivity index (χ4n) is 3.21. The SMILES string of the molecule is CC1CC(C)C(C(=O)N2CCN(C)C(=O)C2)CC1N. The number of hydrogen-bond donors (Lipinski definition) is 1. The van der Waals surface area contributed by atoms with E-state index in [1.54, 1.807) is 16.8 Å². The van der Waals surface area contributed by atoms with Gasteiger partial charge in [-0.25, -0.2) is 0 Å². The van der Waals surface area contributed by atoms with Crippen LogP contribution in [-0.2, 0) is 9.59 Å². The third-order valence-electron chi connectivity index (χ3n) is 4.77. The summed E-state index contributed by atoms with van der Waals surface area (Å²) in [6.07, 6.45) is 1.75. The molecule has 1 saturated heterocycles. The molecule has 2 fully saturated rings. The van der Waals surface area contributed by atoms with Crippen molar-refractivity contribution >= 4 is 11.8 Å². The number of hydrogen-bond acceptors (Lipinski definition) is 3.